The molecule has 0 heterocycles. The van der Waals surface area contributed by atoms with Gasteiger partial charge in [0.05, 0.1) is 0 Å². The zero-order valence-electron chi connectivity index (χ0n) is 29.7. The van der Waals surface area contributed by atoms with Gasteiger partial charge in [-0.25, -0.2) is 0 Å². The standard InChI is InChI=1S/C41H74O3/c1-3-5-31-43-33-19-29-40(35-21-11-7-12-22-35,36-23-13-8-14-24-36)39(42)41(37-25-15-9-16-26-37,38-27-17-10-18-28-38)30-20-34-44-32-6-4-2/h35-38H,3-34H2,1-2H3. The van der Waals surface area contributed by atoms with Gasteiger partial charge in [0.1, 0.15) is 5.78 Å². The predicted molar refractivity (Wildman–Crippen MR) is 186 cm³/mol. The minimum absolute atomic E-state index is 0.132. The van der Waals surface area contributed by atoms with Gasteiger partial charge < -0.3 is 9.47 Å². The minimum Gasteiger partial charge on any atom is -0.381 e. The van der Waals surface area contributed by atoms with Crippen LogP contribution in [0.25, 0.3) is 0 Å². The monoisotopic (exact) mass is 615 g/mol. The van der Waals surface area contributed by atoms with Gasteiger partial charge in [-0.3, -0.25) is 4.79 Å². The highest BCUT2D eigenvalue weighted by molar-refractivity contribution is 5.92. The van der Waals surface area contributed by atoms with Crippen molar-refractivity contribution in [3.8, 4) is 0 Å². The minimum atomic E-state index is -0.132. The van der Waals surface area contributed by atoms with Gasteiger partial charge >= 0.3 is 0 Å². The highest BCUT2D eigenvalue weighted by Gasteiger charge is 2.60. The van der Waals surface area contributed by atoms with Gasteiger partial charge in [0.25, 0.3) is 0 Å². The van der Waals surface area contributed by atoms with E-state index in [0.717, 1.165) is 70.7 Å². The van der Waals surface area contributed by atoms with E-state index in [0.29, 0.717) is 23.7 Å². The zero-order chi connectivity index (χ0) is 30.9. The molecule has 0 amide bonds. The van der Waals surface area contributed by atoms with E-state index < -0.39 is 0 Å². The SMILES string of the molecule is CCCCOCCCC(C(=O)C(CCCOCCCC)(C1CCCCC1)C1CCCCC1)(C1CCCCC1)C1CCCCC1. The number of unbranched alkanes of at least 4 members (excludes halogenated alkanes) is 2. The molecule has 0 radical (unpaired) electrons. The van der Waals surface area contributed by atoms with Crippen LogP contribution in [0.15, 0.2) is 0 Å². The lowest BCUT2D eigenvalue weighted by Crippen LogP contribution is -2.58. The van der Waals surface area contributed by atoms with E-state index >= 15 is 4.79 Å². The lowest BCUT2D eigenvalue weighted by Gasteiger charge is -2.57. The molecule has 0 aromatic carbocycles. The summed E-state index contributed by atoms with van der Waals surface area (Å²) >= 11 is 0. The van der Waals surface area contributed by atoms with Crippen molar-refractivity contribution in [1.29, 1.82) is 0 Å². The number of rotatable bonds is 20. The smallest absolute Gasteiger partial charge is 0.146 e. The van der Waals surface area contributed by atoms with Crippen LogP contribution in [-0.4, -0.2) is 32.2 Å². The van der Waals surface area contributed by atoms with Crippen molar-refractivity contribution in [3.63, 3.8) is 0 Å². The number of ketones is 1. The van der Waals surface area contributed by atoms with E-state index in [4.69, 9.17) is 9.47 Å². The molecule has 4 aliphatic rings. The third-order valence-electron chi connectivity index (χ3n) is 13.2. The largest absolute Gasteiger partial charge is 0.381 e. The molecule has 0 atom stereocenters. The molecule has 3 heteroatoms. The molecule has 4 rings (SSSR count). The van der Waals surface area contributed by atoms with Crippen LogP contribution in [0.4, 0.5) is 0 Å². The molecule has 0 aromatic heterocycles. The Morgan fingerprint density at radius 2 is 0.727 bits per heavy atom. The summed E-state index contributed by atoms with van der Waals surface area (Å²) in [6, 6.07) is 0. The molecule has 0 N–H and O–H groups in total. The van der Waals surface area contributed by atoms with Crippen LogP contribution >= 0.6 is 0 Å². The topological polar surface area (TPSA) is 35.5 Å². The Hall–Kier alpha value is -0.410. The normalized spacial score (nSPS) is 22.4. The fraction of sp³-hybridized carbons (Fsp3) is 0.976. The van der Waals surface area contributed by atoms with E-state index in [2.05, 4.69) is 13.8 Å². The highest BCUT2D eigenvalue weighted by Crippen LogP contribution is 2.61. The first-order valence-corrected chi connectivity index (χ1v) is 20.4. The summed E-state index contributed by atoms with van der Waals surface area (Å²) in [5, 5.41) is 0. The molecule has 0 unspecified atom stereocenters. The average Bonchev–Trinajstić information content (AvgIpc) is 3.09. The van der Waals surface area contributed by atoms with E-state index in [9.17, 15) is 0 Å². The Kier molecular flexibility index (Phi) is 16.6. The summed E-state index contributed by atoms with van der Waals surface area (Å²) in [5.41, 5.74) is -0.264. The molecule has 4 fully saturated rings. The second kappa shape index (κ2) is 20.1. The fourth-order valence-electron chi connectivity index (χ4n) is 11.0. The van der Waals surface area contributed by atoms with E-state index in [1.807, 2.05) is 0 Å². The lowest BCUT2D eigenvalue weighted by molar-refractivity contribution is -0.164. The highest BCUT2D eigenvalue weighted by atomic mass is 16.5. The molecule has 256 valence electrons. The third kappa shape index (κ3) is 9.35. The summed E-state index contributed by atoms with van der Waals surface area (Å²) < 4.78 is 12.5. The number of Topliss-reactive ketones (excluding diaryl/α,β-unsaturated/α-hetero) is 1. The Balaban J connectivity index is 1.75. The molecule has 0 aromatic rings. The number of carbonyl (C=O) groups excluding carboxylic acids is 1. The second-order valence-electron chi connectivity index (χ2n) is 15.9. The molecule has 0 bridgehead atoms. The number of hydrogen-bond donors (Lipinski definition) is 0. The third-order valence-corrected chi connectivity index (χ3v) is 13.2. The van der Waals surface area contributed by atoms with Gasteiger partial charge in [-0.2, -0.15) is 0 Å². The number of carbonyl (C=O) groups is 1. The molecule has 0 spiro atoms. The molecule has 4 saturated carbocycles. The van der Waals surface area contributed by atoms with Gasteiger partial charge in [-0.1, -0.05) is 104 Å². The Morgan fingerprint density at radius 1 is 0.455 bits per heavy atom. The van der Waals surface area contributed by atoms with Gasteiger partial charge in [-0.05, 0) is 114 Å². The maximum absolute atomic E-state index is 16.5. The summed E-state index contributed by atoms with van der Waals surface area (Å²) in [4.78, 5) is 16.5. The molecular formula is C41H74O3. The summed E-state index contributed by atoms with van der Waals surface area (Å²) in [6.45, 7) is 7.97. The van der Waals surface area contributed by atoms with Gasteiger partial charge in [0.2, 0.25) is 0 Å². The summed E-state index contributed by atoms with van der Waals surface area (Å²) in [7, 11) is 0. The van der Waals surface area contributed by atoms with Crippen LogP contribution in [0, 0.1) is 34.5 Å². The van der Waals surface area contributed by atoms with Crippen LogP contribution in [0.3, 0.4) is 0 Å². The molecule has 0 aliphatic heterocycles. The van der Waals surface area contributed by atoms with E-state index in [1.54, 1.807) is 0 Å². The van der Waals surface area contributed by atoms with Gasteiger partial charge in [-0.15, -0.1) is 0 Å². The summed E-state index contributed by atoms with van der Waals surface area (Å²) in [5.74, 6) is 3.19. The quantitative estimate of drug-likeness (QED) is 0.128. The van der Waals surface area contributed by atoms with Gasteiger partial charge in [0.15, 0.2) is 0 Å². The van der Waals surface area contributed by atoms with E-state index in [1.165, 1.54) is 141 Å². The lowest BCUT2D eigenvalue weighted by atomic mass is 9.45. The van der Waals surface area contributed by atoms with Crippen LogP contribution in [0.2, 0.25) is 0 Å². The maximum atomic E-state index is 16.5. The molecule has 3 nitrogen and oxygen atoms in total. The summed E-state index contributed by atoms with van der Waals surface area (Å²) in [6.07, 6.45) is 35.6. The van der Waals surface area contributed by atoms with Crippen molar-refractivity contribution in [1.82, 2.24) is 0 Å². The van der Waals surface area contributed by atoms with Crippen LogP contribution in [0.1, 0.15) is 194 Å². The van der Waals surface area contributed by atoms with Gasteiger partial charge in [0, 0.05) is 37.3 Å². The second-order valence-corrected chi connectivity index (χ2v) is 15.9. The Morgan fingerprint density at radius 3 is 1.00 bits per heavy atom. The van der Waals surface area contributed by atoms with Crippen molar-refractivity contribution < 1.29 is 14.3 Å². The maximum Gasteiger partial charge on any atom is 0.146 e. The van der Waals surface area contributed by atoms with Crippen molar-refractivity contribution >= 4 is 5.78 Å². The van der Waals surface area contributed by atoms with Crippen molar-refractivity contribution in [2.75, 3.05) is 26.4 Å². The number of ether oxygens (including phenoxy) is 2. The molecule has 4 aliphatic carbocycles. The van der Waals surface area contributed by atoms with Crippen LogP contribution in [-0.2, 0) is 14.3 Å². The van der Waals surface area contributed by atoms with Crippen LogP contribution in [0.5, 0.6) is 0 Å². The van der Waals surface area contributed by atoms with Crippen molar-refractivity contribution in [2.45, 2.75) is 194 Å². The predicted octanol–water partition coefficient (Wildman–Crippen LogP) is 12.0. The Labute approximate surface area is 274 Å². The number of hydrogen-bond acceptors (Lipinski definition) is 3. The van der Waals surface area contributed by atoms with Crippen molar-refractivity contribution in [2.24, 2.45) is 34.5 Å². The molecule has 44 heavy (non-hydrogen) atoms. The van der Waals surface area contributed by atoms with Crippen LogP contribution < -0.4 is 0 Å². The molecular weight excluding hydrogens is 540 g/mol. The van der Waals surface area contributed by atoms with Crippen molar-refractivity contribution in [3.05, 3.63) is 0 Å². The molecule has 0 saturated heterocycles. The average molecular weight is 615 g/mol. The zero-order valence-corrected chi connectivity index (χ0v) is 29.7. The first kappa shape index (κ1) is 36.4. The first-order valence-electron chi connectivity index (χ1n) is 20.4. The van der Waals surface area contributed by atoms with E-state index in [-0.39, 0.29) is 10.8 Å². The Bertz CT molecular complexity index is 654. The fourth-order valence-corrected chi connectivity index (χ4v) is 11.0. The first-order chi connectivity index (χ1) is 21.7.